The van der Waals surface area contributed by atoms with Crippen molar-refractivity contribution < 1.29 is 27.4 Å². The van der Waals surface area contributed by atoms with Crippen LogP contribution in [-0.2, 0) is 14.8 Å². The van der Waals surface area contributed by atoms with Gasteiger partial charge in [-0.1, -0.05) is 18.2 Å². The first-order valence-electron chi connectivity index (χ1n) is 11.1. The molecule has 0 fully saturated rings. The minimum absolute atomic E-state index is 0.122. The molecule has 0 radical (unpaired) electrons. The quantitative estimate of drug-likeness (QED) is 0.661. The number of carbonyl (C=O) groups excluding carboxylic acids is 1. The third kappa shape index (κ3) is 5.52. The molecule has 0 spiro atoms. The first kappa shape index (κ1) is 23.2. The molecule has 0 aliphatic carbocycles. The van der Waals surface area contributed by atoms with Gasteiger partial charge in [-0.2, -0.15) is 0 Å². The number of nitrogens with one attached hydrogen (secondary N) is 1. The van der Waals surface area contributed by atoms with Crippen LogP contribution in [-0.4, -0.2) is 45.9 Å². The monoisotopic (exact) mass is 474 g/mol. The van der Waals surface area contributed by atoms with E-state index in [9.17, 15) is 13.2 Å². The van der Waals surface area contributed by atoms with E-state index >= 15 is 0 Å². The van der Waals surface area contributed by atoms with Gasteiger partial charge in [-0.15, -0.1) is 0 Å². The Balaban J connectivity index is 1.40. The van der Waals surface area contributed by atoms with E-state index in [1.807, 2.05) is 38.1 Å². The molecule has 4 rings (SSSR count). The van der Waals surface area contributed by atoms with E-state index in [0.717, 1.165) is 17.6 Å². The Morgan fingerprint density at radius 3 is 2.58 bits per heavy atom. The summed E-state index contributed by atoms with van der Waals surface area (Å²) in [7, 11) is -3.54. The lowest BCUT2D eigenvalue weighted by Gasteiger charge is -2.37. The summed E-state index contributed by atoms with van der Waals surface area (Å²) in [6, 6.07) is 12.6. The number of carbonyl (C=O) groups is 1. The van der Waals surface area contributed by atoms with E-state index in [4.69, 9.17) is 14.2 Å². The maximum absolute atomic E-state index is 12.7. The molecule has 2 aromatic rings. The van der Waals surface area contributed by atoms with Gasteiger partial charge in [-0.3, -0.25) is 9.10 Å². The van der Waals surface area contributed by atoms with Crippen LogP contribution in [0, 0.1) is 0 Å². The standard InChI is InChI=1S/C24H30N2O6S/c1-24(2)16-19(18-7-4-5-8-20(18)32-24)25-23(27)9-6-12-26(33(3,28)29)17-10-11-21-22(15-17)31-14-13-30-21/h4-5,7-8,10-11,15,19H,6,9,12-14,16H2,1-3H3,(H,25,27)/t19-/m1/s1. The van der Waals surface area contributed by atoms with Crippen LogP contribution in [0.4, 0.5) is 5.69 Å². The van der Waals surface area contributed by atoms with Crippen molar-refractivity contribution in [3.05, 3.63) is 48.0 Å². The summed E-state index contributed by atoms with van der Waals surface area (Å²) in [5.41, 5.74) is 1.05. The van der Waals surface area contributed by atoms with Gasteiger partial charge in [0.2, 0.25) is 15.9 Å². The lowest BCUT2D eigenvalue weighted by molar-refractivity contribution is -0.122. The number of para-hydroxylation sites is 1. The Morgan fingerprint density at radius 1 is 1.09 bits per heavy atom. The van der Waals surface area contributed by atoms with Crippen LogP contribution in [0.3, 0.4) is 0 Å². The summed E-state index contributed by atoms with van der Waals surface area (Å²) in [5, 5.41) is 3.10. The van der Waals surface area contributed by atoms with Crippen LogP contribution in [0.5, 0.6) is 17.2 Å². The SMILES string of the molecule is CC1(C)C[C@@H](NC(=O)CCCN(c2ccc3c(c2)OCCO3)S(C)(=O)=O)c2ccccc2O1. The molecule has 9 heteroatoms. The highest BCUT2D eigenvalue weighted by Crippen LogP contribution is 2.39. The molecule has 2 heterocycles. The Kier molecular flexibility index (Phi) is 6.43. The van der Waals surface area contributed by atoms with Gasteiger partial charge >= 0.3 is 0 Å². The fraction of sp³-hybridized carbons (Fsp3) is 0.458. The number of ether oxygens (including phenoxy) is 3. The van der Waals surface area contributed by atoms with Gasteiger partial charge in [-0.05, 0) is 38.5 Å². The molecule has 0 bridgehead atoms. The molecule has 1 amide bonds. The zero-order chi connectivity index (χ0) is 23.6. The number of fused-ring (bicyclic) bond motifs is 2. The number of benzene rings is 2. The molecule has 2 aromatic carbocycles. The molecule has 1 N–H and O–H groups in total. The zero-order valence-corrected chi connectivity index (χ0v) is 20.0. The normalized spacial score (nSPS) is 18.6. The first-order valence-corrected chi connectivity index (χ1v) is 12.9. The third-order valence-electron chi connectivity index (χ3n) is 5.69. The molecule has 0 unspecified atom stereocenters. The second-order valence-corrected chi connectivity index (χ2v) is 10.9. The largest absolute Gasteiger partial charge is 0.487 e. The number of nitrogens with zero attached hydrogens (tertiary/aromatic N) is 1. The van der Waals surface area contributed by atoms with Gasteiger partial charge in [0.1, 0.15) is 24.6 Å². The highest BCUT2D eigenvalue weighted by Gasteiger charge is 2.34. The molecule has 8 nitrogen and oxygen atoms in total. The van der Waals surface area contributed by atoms with Crippen LogP contribution in [0.1, 0.15) is 44.7 Å². The van der Waals surface area contributed by atoms with Crippen LogP contribution >= 0.6 is 0 Å². The molecule has 2 aliphatic rings. The van der Waals surface area contributed by atoms with Crippen molar-refractivity contribution in [1.29, 1.82) is 0 Å². The number of rotatable bonds is 7. The molecule has 0 saturated carbocycles. The summed E-state index contributed by atoms with van der Waals surface area (Å²) >= 11 is 0. The van der Waals surface area contributed by atoms with Crippen LogP contribution in [0.2, 0.25) is 0 Å². The topological polar surface area (TPSA) is 94.2 Å². The lowest BCUT2D eigenvalue weighted by Crippen LogP contribution is -2.41. The van der Waals surface area contributed by atoms with Crippen LogP contribution in [0.15, 0.2) is 42.5 Å². The summed E-state index contributed by atoms with van der Waals surface area (Å²) in [4.78, 5) is 12.7. The Labute approximate surface area is 194 Å². The van der Waals surface area contributed by atoms with E-state index in [1.54, 1.807) is 18.2 Å². The predicted molar refractivity (Wildman–Crippen MR) is 126 cm³/mol. The zero-order valence-electron chi connectivity index (χ0n) is 19.2. The van der Waals surface area contributed by atoms with Crippen molar-refractivity contribution in [2.24, 2.45) is 0 Å². The van der Waals surface area contributed by atoms with Crippen molar-refractivity contribution in [2.75, 3.05) is 30.3 Å². The van der Waals surface area contributed by atoms with E-state index < -0.39 is 15.6 Å². The molecule has 0 saturated heterocycles. The van der Waals surface area contributed by atoms with Gasteiger partial charge in [-0.25, -0.2) is 8.42 Å². The summed E-state index contributed by atoms with van der Waals surface area (Å²) in [6.07, 6.45) is 2.39. The fourth-order valence-electron chi connectivity index (χ4n) is 4.25. The summed E-state index contributed by atoms with van der Waals surface area (Å²) in [6.45, 7) is 5.06. The summed E-state index contributed by atoms with van der Waals surface area (Å²) in [5.74, 6) is 1.77. The maximum Gasteiger partial charge on any atom is 0.232 e. The van der Waals surface area contributed by atoms with Gasteiger partial charge in [0, 0.05) is 31.0 Å². The Hall–Kier alpha value is -2.94. The first-order chi connectivity index (χ1) is 15.6. The van der Waals surface area contributed by atoms with E-state index in [1.165, 1.54) is 4.31 Å². The molecular weight excluding hydrogens is 444 g/mol. The van der Waals surface area contributed by atoms with Crippen molar-refractivity contribution >= 4 is 21.6 Å². The average Bonchev–Trinajstić information content (AvgIpc) is 2.75. The average molecular weight is 475 g/mol. The van der Waals surface area contributed by atoms with Gasteiger partial charge in [0.05, 0.1) is 18.0 Å². The highest BCUT2D eigenvalue weighted by molar-refractivity contribution is 7.92. The van der Waals surface area contributed by atoms with Crippen molar-refractivity contribution in [3.8, 4) is 17.2 Å². The minimum Gasteiger partial charge on any atom is -0.487 e. The second kappa shape index (κ2) is 9.13. The third-order valence-corrected chi connectivity index (χ3v) is 6.88. The van der Waals surface area contributed by atoms with Crippen LogP contribution < -0.4 is 23.8 Å². The van der Waals surface area contributed by atoms with Crippen molar-refractivity contribution in [1.82, 2.24) is 5.32 Å². The number of sulfonamides is 1. The van der Waals surface area contributed by atoms with Crippen molar-refractivity contribution in [3.63, 3.8) is 0 Å². The maximum atomic E-state index is 12.7. The molecule has 33 heavy (non-hydrogen) atoms. The number of hydrogen-bond acceptors (Lipinski definition) is 6. The van der Waals surface area contributed by atoms with E-state index in [-0.39, 0.29) is 24.9 Å². The smallest absolute Gasteiger partial charge is 0.232 e. The van der Waals surface area contributed by atoms with Crippen molar-refractivity contribution in [2.45, 2.75) is 44.8 Å². The Morgan fingerprint density at radius 2 is 1.82 bits per heavy atom. The van der Waals surface area contributed by atoms with Gasteiger partial charge in [0.25, 0.3) is 0 Å². The predicted octanol–water partition coefficient (Wildman–Crippen LogP) is 3.42. The van der Waals surface area contributed by atoms with E-state index in [2.05, 4.69) is 5.32 Å². The molecule has 2 aliphatic heterocycles. The minimum atomic E-state index is -3.54. The number of anilines is 1. The molecule has 0 aromatic heterocycles. The van der Waals surface area contributed by atoms with Gasteiger partial charge in [0.15, 0.2) is 11.5 Å². The molecule has 178 valence electrons. The highest BCUT2D eigenvalue weighted by atomic mass is 32.2. The van der Waals surface area contributed by atoms with E-state index in [0.29, 0.717) is 43.2 Å². The fourth-order valence-corrected chi connectivity index (χ4v) is 5.21. The molecular formula is C24H30N2O6S. The number of hydrogen-bond donors (Lipinski definition) is 1. The second-order valence-electron chi connectivity index (χ2n) is 8.99. The van der Waals surface area contributed by atoms with Gasteiger partial charge < -0.3 is 19.5 Å². The van der Waals surface area contributed by atoms with Crippen LogP contribution in [0.25, 0.3) is 0 Å². The lowest BCUT2D eigenvalue weighted by atomic mass is 9.89. The summed E-state index contributed by atoms with van der Waals surface area (Å²) < 4.78 is 43.3. The Bertz CT molecular complexity index is 1130. The number of amides is 1. The molecule has 1 atom stereocenters.